The van der Waals surface area contributed by atoms with Gasteiger partial charge in [-0.3, -0.25) is 4.57 Å². The summed E-state index contributed by atoms with van der Waals surface area (Å²) in [6.45, 7) is 1.70. The van der Waals surface area contributed by atoms with Crippen LogP contribution in [0.1, 0.15) is 15.9 Å². The molecule has 106 valence electrons. The molecule has 5 nitrogen and oxygen atoms in total. The molecule has 0 amide bonds. The van der Waals surface area contributed by atoms with Crippen molar-refractivity contribution in [2.45, 2.75) is 6.92 Å². The monoisotopic (exact) mass is 286 g/mol. The van der Waals surface area contributed by atoms with Crippen LogP contribution < -0.4 is 5.69 Å². The number of aromatic carboxylic acids is 1. The zero-order valence-corrected chi connectivity index (χ0v) is 11.1. The van der Waals surface area contributed by atoms with E-state index in [4.69, 9.17) is 5.11 Å². The largest absolute Gasteiger partial charge is 0.478 e. The van der Waals surface area contributed by atoms with Gasteiger partial charge in [0, 0.05) is 0 Å². The highest BCUT2D eigenvalue weighted by Gasteiger charge is 2.13. The van der Waals surface area contributed by atoms with Gasteiger partial charge in [0.25, 0.3) is 0 Å². The Morgan fingerprint density at radius 1 is 1.24 bits per heavy atom. The molecular weight excluding hydrogens is 275 g/mol. The van der Waals surface area contributed by atoms with Crippen LogP contribution in [-0.2, 0) is 0 Å². The lowest BCUT2D eigenvalue weighted by atomic mass is 10.1. The van der Waals surface area contributed by atoms with E-state index in [1.165, 1.54) is 34.9 Å². The molecule has 3 aromatic rings. The van der Waals surface area contributed by atoms with Crippen LogP contribution in [0.3, 0.4) is 0 Å². The molecule has 0 aliphatic carbocycles. The van der Waals surface area contributed by atoms with Crippen LogP contribution in [0, 0.1) is 12.7 Å². The molecule has 1 aromatic heterocycles. The third kappa shape index (κ3) is 2.10. The summed E-state index contributed by atoms with van der Waals surface area (Å²) in [4.78, 5) is 25.7. The van der Waals surface area contributed by atoms with E-state index in [9.17, 15) is 14.0 Å². The number of halogens is 1. The van der Waals surface area contributed by atoms with Crippen LogP contribution in [0.15, 0.2) is 41.2 Å². The number of carboxylic acid groups (broad SMARTS) is 1. The topological polar surface area (TPSA) is 75.1 Å². The molecule has 6 heteroatoms. The summed E-state index contributed by atoms with van der Waals surface area (Å²) in [5.41, 5.74) is 1.81. The minimum absolute atomic E-state index is 0.0896. The van der Waals surface area contributed by atoms with E-state index < -0.39 is 11.7 Å². The standard InChI is InChI=1S/C15H11FN2O3/c1-8-6-10(16)3-5-12(8)18-13-4-2-9(14(19)20)7-11(13)17-15(18)21/h2-7H,1H3,(H,17,21)(H,19,20). The molecule has 2 N–H and O–H groups in total. The summed E-state index contributed by atoms with van der Waals surface area (Å²) < 4.78 is 14.6. The fraction of sp³-hybridized carbons (Fsp3) is 0.0667. The zero-order chi connectivity index (χ0) is 15.1. The fourth-order valence-electron chi connectivity index (χ4n) is 2.35. The predicted octanol–water partition coefficient (Wildman–Crippen LogP) is 2.46. The van der Waals surface area contributed by atoms with Crippen molar-refractivity contribution in [1.82, 2.24) is 9.55 Å². The summed E-state index contributed by atoms with van der Waals surface area (Å²) >= 11 is 0. The fourth-order valence-corrected chi connectivity index (χ4v) is 2.35. The molecule has 0 fully saturated rings. The maximum absolute atomic E-state index is 13.2. The zero-order valence-electron chi connectivity index (χ0n) is 11.1. The van der Waals surface area contributed by atoms with E-state index in [1.54, 1.807) is 13.0 Å². The Hall–Kier alpha value is -2.89. The SMILES string of the molecule is Cc1cc(F)ccc1-n1c(=O)[nH]c2cc(C(=O)O)ccc21. The molecule has 0 aliphatic heterocycles. The normalized spacial score (nSPS) is 11.0. The third-order valence-electron chi connectivity index (χ3n) is 3.33. The number of nitrogens with zero attached hydrogens (tertiary/aromatic N) is 1. The second-order valence-corrected chi connectivity index (χ2v) is 4.73. The Kier molecular flexibility index (Phi) is 2.86. The number of carbonyl (C=O) groups is 1. The summed E-state index contributed by atoms with van der Waals surface area (Å²) in [6, 6.07) is 8.51. The molecule has 0 aliphatic rings. The lowest BCUT2D eigenvalue weighted by Gasteiger charge is -2.07. The Balaban J connectivity index is 2.30. The van der Waals surface area contributed by atoms with Gasteiger partial charge >= 0.3 is 11.7 Å². The molecule has 21 heavy (non-hydrogen) atoms. The maximum Gasteiger partial charge on any atom is 0.335 e. The molecule has 1 heterocycles. The van der Waals surface area contributed by atoms with Crippen molar-refractivity contribution in [2.24, 2.45) is 0 Å². The van der Waals surface area contributed by atoms with Gasteiger partial charge < -0.3 is 10.1 Å². The first-order valence-corrected chi connectivity index (χ1v) is 6.22. The van der Waals surface area contributed by atoms with Gasteiger partial charge in [-0.2, -0.15) is 0 Å². The smallest absolute Gasteiger partial charge is 0.335 e. The molecule has 0 unspecified atom stereocenters. The van der Waals surface area contributed by atoms with Gasteiger partial charge in [-0.05, 0) is 48.9 Å². The van der Waals surface area contributed by atoms with Crippen molar-refractivity contribution in [2.75, 3.05) is 0 Å². The van der Waals surface area contributed by atoms with Crippen molar-refractivity contribution in [1.29, 1.82) is 0 Å². The Morgan fingerprint density at radius 3 is 2.67 bits per heavy atom. The first kappa shape index (κ1) is 13.1. The van der Waals surface area contributed by atoms with Gasteiger partial charge in [0.15, 0.2) is 0 Å². The van der Waals surface area contributed by atoms with Crippen molar-refractivity contribution < 1.29 is 14.3 Å². The summed E-state index contributed by atoms with van der Waals surface area (Å²) in [5, 5.41) is 8.97. The lowest BCUT2D eigenvalue weighted by molar-refractivity contribution is 0.0697. The average molecular weight is 286 g/mol. The van der Waals surface area contributed by atoms with E-state index in [0.29, 0.717) is 22.3 Å². The van der Waals surface area contributed by atoms with Gasteiger partial charge in [-0.1, -0.05) is 0 Å². The number of nitrogens with one attached hydrogen (secondary N) is 1. The number of aryl methyl sites for hydroxylation is 1. The number of carboxylic acids is 1. The van der Waals surface area contributed by atoms with Crippen LogP contribution in [-0.4, -0.2) is 20.6 Å². The summed E-state index contributed by atoms with van der Waals surface area (Å²) in [7, 11) is 0. The minimum Gasteiger partial charge on any atom is -0.478 e. The molecule has 0 radical (unpaired) electrons. The number of benzene rings is 2. The Bertz CT molecular complexity index is 924. The lowest BCUT2D eigenvalue weighted by Crippen LogP contribution is -2.15. The highest BCUT2D eigenvalue weighted by molar-refractivity contribution is 5.92. The number of imidazole rings is 1. The number of rotatable bonds is 2. The van der Waals surface area contributed by atoms with Gasteiger partial charge in [0.1, 0.15) is 5.82 Å². The Morgan fingerprint density at radius 2 is 2.00 bits per heavy atom. The molecule has 0 saturated carbocycles. The van der Waals surface area contributed by atoms with Crippen molar-refractivity contribution in [3.63, 3.8) is 0 Å². The first-order valence-electron chi connectivity index (χ1n) is 6.22. The first-order chi connectivity index (χ1) is 9.97. The molecular formula is C15H11FN2O3. The van der Waals surface area contributed by atoms with Crippen LogP contribution >= 0.6 is 0 Å². The highest BCUT2D eigenvalue weighted by atomic mass is 19.1. The number of aromatic nitrogens is 2. The second kappa shape index (κ2) is 4.59. The van der Waals surface area contributed by atoms with Crippen LogP contribution in [0.4, 0.5) is 4.39 Å². The van der Waals surface area contributed by atoms with E-state index in [-0.39, 0.29) is 11.4 Å². The van der Waals surface area contributed by atoms with Crippen LogP contribution in [0.25, 0.3) is 16.7 Å². The number of aromatic amines is 1. The molecule has 2 aromatic carbocycles. The highest BCUT2D eigenvalue weighted by Crippen LogP contribution is 2.20. The predicted molar refractivity (Wildman–Crippen MR) is 75.6 cm³/mol. The molecule has 0 bridgehead atoms. The van der Waals surface area contributed by atoms with Gasteiger partial charge in [0.05, 0.1) is 22.3 Å². The summed E-state index contributed by atoms with van der Waals surface area (Å²) in [6.07, 6.45) is 0. The number of hydrogen-bond donors (Lipinski definition) is 2. The van der Waals surface area contributed by atoms with E-state index >= 15 is 0 Å². The quantitative estimate of drug-likeness (QED) is 0.760. The second-order valence-electron chi connectivity index (χ2n) is 4.73. The van der Waals surface area contributed by atoms with E-state index in [0.717, 1.165) is 0 Å². The molecule has 3 rings (SSSR count). The van der Waals surface area contributed by atoms with Gasteiger partial charge in [-0.25, -0.2) is 14.0 Å². The summed E-state index contributed by atoms with van der Waals surface area (Å²) in [5.74, 6) is -1.44. The molecule has 0 spiro atoms. The van der Waals surface area contributed by atoms with Crippen molar-refractivity contribution in [3.8, 4) is 5.69 Å². The third-order valence-corrected chi connectivity index (χ3v) is 3.33. The number of fused-ring (bicyclic) bond motifs is 1. The van der Waals surface area contributed by atoms with Crippen molar-refractivity contribution >= 4 is 17.0 Å². The van der Waals surface area contributed by atoms with Gasteiger partial charge in [-0.15, -0.1) is 0 Å². The van der Waals surface area contributed by atoms with Gasteiger partial charge in [0.2, 0.25) is 0 Å². The maximum atomic E-state index is 13.2. The number of H-pyrrole nitrogens is 1. The van der Waals surface area contributed by atoms with Crippen LogP contribution in [0.2, 0.25) is 0 Å². The Labute approximate surface area is 118 Å². The number of hydrogen-bond acceptors (Lipinski definition) is 2. The molecule has 0 saturated heterocycles. The van der Waals surface area contributed by atoms with Crippen molar-refractivity contribution in [3.05, 3.63) is 63.8 Å². The molecule has 0 atom stereocenters. The van der Waals surface area contributed by atoms with E-state index in [2.05, 4.69) is 4.98 Å². The van der Waals surface area contributed by atoms with Crippen LogP contribution in [0.5, 0.6) is 0 Å². The average Bonchev–Trinajstić information content (AvgIpc) is 2.74. The minimum atomic E-state index is -1.07. The van der Waals surface area contributed by atoms with E-state index in [1.807, 2.05) is 0 Å².